The zero-order chi connectivity index (χ0) is 12.3. The van der Waals surface area contributed by atoms with Crippen LogP contribution in [-0.2, 0) is 10.0 Å². The molecule has 0 fully saturated rings. The number of primary sulfonamides is 1. The van der Waals surface area contributed by atoms with Crippen molar-refractivity contribution in [2.45, 2.75) is 6.92 Å². The van der Waals surface area contributed by atoms with Gasteiger partial charge in [-0.2, -0.15) is 0 Å². The molecule has 4 nitrogen and oxygen atoms in total. The van der Waals surface area contributed by atoms with Crippen LogP contribution in [-0.4, -0.2) is 20.7 Å². The van der Waals surface area contributed by atoms with Crippen molar-refractivity contribution in [3.8, 4) is 0 Å². The summed E-state index contributed by atoms with van der Waals surface area (Å²) in [4.78, 5) is 0. The molecule has 0 unspecified atom stereocenters. The molecule has 0 saturated carbocycles. The van der Waals surface area contributed by atoms with Crippen LogP contribution in [0.15, 0.2) is 16.6 Å². The Labute approximate surface area is 102 Å². The Kier molecular flexibility index (Phi) is 4.28. The van der Waals surface area contributed by atoms with Crippen LogP contribution < -0.4 is 10.5 Å². The van der Waals surface area contributed by atoms with Crippen molar-refractivity contribution >= 4 is 31.6 Å². The van der Waals surface area contributed by atoms with Crippen molar-refractivity contribution in [1.29, 1.82) is 0 Å². The summed E-state index contributed by atoms with van der Waals surface area (Å²) in [6.07, 6.45) is 0. The molecule has 3 N–H and O–H groups in total. The maximum absolute atomic E-state index is 13.1. The summed E-state index contributed by atoms with van der Waals surface area (Å²) < 4.78 is 34.8. The molecular formula is C9H12BrFN2O2S. The Morgan fingerprint density at radius 3 is 2.69 bits per heavy atom. The number of aryl methyl sites for hydroxylation is 1. The SMILES string of the molecule is Cc1cc(F)c(Br)cc1NCCS(N)(=O)=O. The quantitative estimate of drug-likeness (QED) is 0.887. The average molecular weight is 311 g/mol. The van der Waals surface area contributed by atoms with Crippen molar-refractivity contribution in [1.82, 2.24) is 0 Å². The van der Waals surface area contributed by atoms with E-state index in [2.05, 4.69) is 21.2 Å². The van der Waals surface area contributed by atoms with Crippen LogP contribution in [0.3, 0.4) is 0 Å². The van der Waals surface area contributed by atoms with Crippen LogP contribution in [0, 0.1) is 12.7 Å². The van der Waals surface area contributed by atoms with Crippen LogP contribution in [0.2, 0.25) is 0 Å². The summed E-state index contributed by atoms with van der Waals surface area (Å²) in [7, 11) is -3.47. The van der Waals surface area contributed by atoms with Gasteiger partial charge < -0.3 is 5.32 Å². The number of hydrogen-bond donors (Lipinski definition) is 2. The average Bonchev–Trinajstić information content (AvgIpc) is 2.11. The normalized spacial score (nSPS) is 11.5. The minimum Gasteiger partial charge on any atom is -0.384 e. The van der Waals surface area contributed by atoms with Gasteiger partial charge in [0.2, 0.25) is 10.0 Å². The van der Waals surface area contributed by atoms with Gasteiger partial charge >= 0.3 is 0 Å². The van der Waals surface area contributed by atoms with E-state index in [-0.39, 0.29) is 18.1 Å². The molecule has 0 amide bonds. The molecule has 0 radical (unpaired) electrons. The molecule has 0 aromatic heterocycles. The number of nitrogens with two attached hydrogens (primary N) is 1. The third-order valence-electron chi connectivity index (χ3n) is 1.97. The van der Waals surface area contributed by atoms with Gasteiger partial charge in [-0.3, -0.25) is 0 Å². The van der Waals surface area contributed by atoms with E-state index in [1.54, 1.807) is 13.0 Å². The molecule has 1 rings (SSSR count). The van der Waals surface area contributed by atoms with Gasteiger partial charge in [0.05, 0.1) is 10.2 Å². The lowest BCUT2D eigenvalue weighted by molar-refractivity contribution is 0.598. The predicted octanol–water partition coefficient (Wildman–Crippen LogP) is 1.60. The van der Waals surface area contributed by atoms with Gasteiger partial charge in [0.1, 0.15) is 5.82 Å². The highest BCUT2D eigenvalue weighted by atomic mass is 79.9. The molecule has 90 valence electrons. The van der Waals surface area contributed by atoms with E-state index in [0.29, 0.717) is 15.7 Å². The maximum atomic E-state index is 13.1. The monoisotopic (exact) mass is 310 g/mol. The molecule has 7 heteroatoms. The molecule has 0 spiro atoms. The third-order valence-corrected chi connectivity index (χ3v) is 3.35. The Bertz CT molecular complexity index is 491. The molecule has 0 aliphatic carbocycles. The molecule has 0 atom stereocenters. The first-order valence-corrected chi connectivity index (χ1v) is 7.00. The second kappa shape index (κ2) is 5.11. The van der Waals surface area contributed by atoms with E-state index in [9.17, 15) is 12.8 Å². The Hall–Kier alpha value is -0.660. The molecule has 0 aliphatic heterocycles. The smallest absolute Gasteiger partial charge is 0.210 e. The summed E-state index contributed by atoms with van der Waals surface area (Å²) >= 11 is 3.05. The van der Waals surface area contributed by atoms with E-state index >= 15 is 0 Å². The highest BCUT2D eigenvalue weighted by Crippen LogP contribution is 2.23. The fraction of sp³-hybridized carbons (Fsp3) is 0.333. The van der Waals surface area contributed by atoms with Gasteiger partial charge in [-0.25, -0.2) is 17.9 Å². The fourth-order valence-corrected chi connectivity index (χ4v) is 1.89. The molecule has 0 bridgehead atoms. The second-order valence-corrected chi connectivity index (χ2v) is 5.96. The molecule has 1 aromatic carbocycles. The van der Waals surface area contributed by atoms with Crippen molar-refractivity contribution < 1.29 is 12.8 Å². The number of nitrogens with one attached hydrogen (secondary N) is 1. The lowest BCUT2D eigenvalue weighted by Gasteiger charge is -2.09. The Balaban J connectivity index is 2.71. The molecular weight excluding hydrogens is 299 g/mol. The third kappa shape index (κ3) is 4.07. The van der Waals surface area contributed by atoms with Gasteiger partial charge in [-0.1, -0.05) is 0 Å². The van der Waals surface area contributed by atoms with Gasteiger partial charge in [0.15, 0.2) is 0 Å². The molecule has 0 aliphatic rings. The van der Waals surface area contributed by atoms with Gasteiger partial charge in [-0.15, -0.1) is 0 Å². The van der Waals surface area contributed by atoms with Gasteiger partial charge in [-0.05, 0) is 40.5 Å². The summed E-state index contributed by atoms with van der Waals surface area (Å²) in [5.41, 5.74) is 1.38. The van der Waals surface area contributed by atoms with E-state index < -0.39 is 10.0 Å². The summed E-state index contributed by atoms with van der Waals surface area (Å²) in [6.45, 7) is 1.92. The van der Waals surface area contributed by atoms with Crippen molar-refractivity contribution in [2.24, 2.45) is 5.14 Å². The van der Waals surface area contributed by atoms with Gasteiger partial charge in [0, 0.05) is 12.2 Å². The first-order valence-electron chi connectivity index (χ1n) is 4.49. The standard InChI is InChI=1S/C9H12BrFN2O2S/c1-6-4-8(11)7(10)5-9(6)13-2-3-16(12,14)15/h4-5,13H,2-3H2,1H3,(H2,12,14,15). The van der Waals surface area contributed by atoms with E-state index in [1.165, 1.54) is 6.07 Å². The van der Waals surface area contributed by atoms with Crippen molar-refractivity contribution in [3.05, 3.63) is 28.0 Å². The fourth-order valence-electron chi connectivity index (χ4n) is 1.16. The van der Waals surface area contributed by atoms with E-state index in [1.807, 2.05) is 0 Å². The van der Waals surface area contributed by atoms with Crippen molar-refractivity contribution in [3.63, 3.8) is 0 Å². The highest BCUT2D eigenvalue weighted by Gasteiger charge is 2.06. The Morgan fingerprint density at radius 1 is 1.50 bits per heavy atom. The Morgan fingerprint density at radius 2 is 2.12 bits per heavy atom. The van der Waals surface area contributed by atoms with Gasteiger partial charge in [0.25, 0.3) is 0 Å². The summed E-state index contributed by atoms with van der Waals surface area (Å²) in [5.74, 6) is -0.518. The number of hydrogen-bond acceptors (Lipinski definition) is 3. The molecule has 0 heterocycles. The lowest BCUT2D eigenvalue weighted by Crippen LogP contribution is -2.22. The van der Waals surface area contributed by atoms with Crippen LogP contribution in [0.25, 0.3) is 0 Å². The van der Waals surface area contributed by atoms with Crippen LogP contribution in [0.5, 0.6) is 0 Å². The van der Waals surface area contributed by atoms with E-state index in [0.717, 1.165) is 0 Å². The molecule has 0 saturated heterocycles. The maximum Gasteiger partial charge on any atom is 0.210 e. The van der Waals surface area contributed by atoms with Crippen LogP contribution >= 0.6 is 15.9 Å². The number of anilines is 1. The minimum atomic E-state index is -3.47. The lowest BCUT2D eigenvalue weighted by atomic mass is 10.2. The zero-order valence-corrected chi connectivity index (χ0v) is 11.0. The predicted molar refractivity (Wildman–Crippen MR) is 65.3 cm³/mol. The topological polar surface area (TPSA) is 72.2 Å². The first kappa shape index (κ1) is 13.4. The summed E-state index contributed by atoms with van der Waals surface area (Å²) in [6, 6.07) is 2.93. The second-order valence-electron chi connectivity index (χ2n) is 3.37. The largest absolute Gasteiger partial charge is 0.384 e. The minimum absolute atomic E-state index is 0.165. The first-order chi connectivity index (χ1) is 7.29. The number of rotatable bonds is 4. The van der Waals surface area contributed by atoms with Crippen molar-refractivity contribution in [2.75, 3.05) is 17.6 Å². The summed E-state index contributed by atoms with van der Waals surface area (Å²) in [5, 5.41) is 7.74. The molecule has 16 heavy (non-hydrogen) atoms. The highest BCUT2D eigenvalue weighted by molar-refractivity contribution is 9.10. The number of benzene rings is 1. The zero-order valence-electron chi connectivity index (χ0n) is 8.63. The molecule has 1 aromatic rings. The number of halogens is 2. The van der Waals surface area contributed by atoms with Crippen LogP contribution in [0.1, 0.15) is 5.56 Å². The number of sulfonamides is 1. The van der Waals surface area contributed by atoms with E-state index in [4.69, 9.17) is 5.14 Å². The van der Waals surface area contributed by atoms with Crippen LogP contribution in [0.4, 0.5) is 10.1 Å².